The summed E-state index contributed by atoms with van der Waals surface area (Å²) in [4.78, 5) is 0. The second-order valence-corrected chi connectivity index (χ2v) is 27.6. The zero-order valence-corrected chi connectivity index (χ0v) is 48.6. The molecule has 0 amide bonds. The SMILES string of the molecule is COCCCOC1CC[C@@]2(C)C(=CC[C@H]3[C@@H]4CC[C@H]([C@H](C)CCCC(C)C)[C@@]4(C)CC[C@@H]32)C1.COCCOCCOCCOC1CC[C@@]2(C)C(=CC[C@H]3[C@@H]4CC[C@H]([C@H](C)CCCC(C)C)[C@@]4(C)CC[C@@H]32)C1. The molecule has 8 aliphatic rings. The summed E-state index contributed by atoms with van der Waals surface area (Å²) in [6.45, 7) is 30.9. The van der Waals surface area contributed by atoms with Crippen molar-refractivity contribution in [2.24, 2.45) is 92.7 Å². The molecule has 0 aromatic rings. The van der Waals surface area contributed by atoms with Gasteiger partial charge in [-0.25, -0.2) is 0 Å². The van der Waals surface area contributed by atoms with Crippen molar-refractivity contribution < 1.29 is 28.4 Å². The lowest BCUT2D eigenvalue weighted by Gasteiger charge is -2.58. The molecule has 6 heteroatoms. The highest BCUT2D eigenvalue weighted by Gasteiger charge is 2.61. The normalized spacial score (nSPS) is 39.2. The smallest absolute Gasteiger partial charge is 0.0704 e. The van der Waals surface area contributed by atoms with Gasteiger partial charge in [-0.1, -0.05) is 131 Å². The summed E-state index contributed by atoms with van der Waals surface area (Å²) < 4.78 is 33.9. The minimum Gasteiger partial charge on any atom is -0.385 e. The lowest BCUT2D eigenvalue weighted by atomic mass is 9.47. The Morgan fingerprint density at radius 1 is 0.451 bits per heavy atom. The number of fused-ring (bicyclic) bond motifs is 10. The topological polar surface area (TPSA) is 55.4 Å². The highest BCUT2D eigenvalue weighted by atomic mass is 16.6. The van der Waals surface area contributed by atoms with Gasteiger partial charge in [-0.3, -0.25) is 0 Å². The summed E-state index contributed by atoms with van der Waals surface area (Å²) >= 11 is 0. The van der Waals surface area contributed by atoms with Crippen LogP contribution in [0.15, 0.2) is 23.3 Å². The Labute approximate surface area is 438 Å². The molecule has 8 aliphatic carbocycles. The van der Waals surface area contributed by atoms with E-state index in [0.717, 1.165) is 97.1 Å². The second kappa shape index (κ2) is 26.5. The molecule has 16 atom stereocenters. The molecule has 0 bridgehead atoms. The van der Waals surface area contributed by atoms with E-state index < -0.39 is 0 Å². The van der Waals surface area contributed by atoms with Crippen molar-refractivity contribution in [3.63, 3.8) is 0 Å². The van der Waals surface area contributed by atoms with E-state index in [1.54, 1.807) is 25.4 Å². The van der Waals surface area contributed by atoms with E-state index in [1.165, 1.54) is 135 Å². The third kappa shape index (κ3) is 13.5. The molecule has 0 radical (unpaired) electrons. The van der Waals surface area contributed by atoms with Gasteiger partial charge >= 0.3 is 0 Å². The Morgan fingerprint density at radius 2 is 0.887 bits per heavy atom. The van der Waals surface area contributed by atoms with Gasteiger partial charge in [0.2, 0.25) is 0 Å². The maximum atomic E-state index is 6.30. The molecule has 71 heavy (non-hydrogen) atoms. The lowest BCUT2D eigenvalue weighted by molar-refractivity contribution is -0.0690. The van der Waals surface area contributed by atoms with Gasteiger partial charge in [0.1, 0.15) is 0 Å². The van der Waals surface area contributed by atoms with Crippen LogP contribution in [0.4, 0.5) is 0 Å². The summed E-state index contributed by atoms with van der Waals surface area (Å²) in [7, 11) is 3.48. The molecule has 0 aromatic carbocycles. The molecule has 2 unspecified atom stereocenters. The van der Waals surface area contributed by atoms with Gasteiger partial charge in [0.15, 0.2) is 0 Å². The van der Waals surface area contributed by atoms with Crippen LogP contribution in [-0.2, 0) is 28.4 Å². The predicted molar refractivity (Wildman–Crippen MR) is 296 cm³/mol. The van der Waals surface area contributed by atoms with Crippen molar-refractivity contribution in [2.75, 3.05) is 67.1 Å². The highest BCUT2D eigenvalue weighted by Crippen LogP contribution is 2.69. The summed E-state index contributed by atoms with van der Waals surface area (Å²) in [6, 6.07) is 0. The van der Waals surface area contributed by atoms with E-state index in [-0.39, 0.29) is 0 Å². The third-order valence-electron chi connectivity index (χ3n) is 22.8. The van der Waals surface area contributed by atoms with Gasteiger partial charge in [-0.05, 0) is 202 Å². The standard InChI is InChI=1S/C34H60O4.C31H54O2/c1-25(2)8-7-9-26(3)30-12-13-31-29-11-10-27-24-28(38-23-22-37-21-20-36-19-18-35-6)14-16-33(27,4)32(29)15-17-34(30,31)5;1-22(2)9-7-10-23(3)27-13-14-28-26-12-11-24-21-25(33-20-8-19-32-6)15-17-30(24,4)29(26)16-18-31(27,28)5/h10,25-26,28-32H,7-9,11-24H2,1-6H3;11,22-23,25-29H,7-10,12-21H2,1-6H3/t26-,28?,29+,30-,31+,32+,33+,34-;23-,25?,26+,27-,28+,29+,30+,31-/m11/s1. The number of ether oxygens (including phenoxy) is 6. The Morgan fingerprint density at radius 3 is 1.34 bits per heavy atom. The maximum absolute atomic E-state index is 6.30. The Hall–Kier alpha value is -0.760. The first kappa shape index (κ1) is 57.9. The van der Waals surface area contributed by atoms with Crippen LogP contribution in [0.1, 0.15) is 217 Å². The molecular formula is C65H114O6. The van der Waals surface area contributed by atoms with Gasteiger partial charge in [-0.2, -0.15) is 0 Å². The molecule has 0 heterocycles. The van der Waals surface area contributed by atoms with Gasteiger partial charge in [0, 0.05) is 27.4 Å². The van der Waals surface area contributed by atoms with Crippen LogP contribution >= 0.6 is 0 Å². The van der Waals surface area contributed by atoms with Crippen LogP contribution in [0.2, 0.25) is 0 Å². The first-order valence-corrected chi connectivity index (χ1v) is 30.8. The number of methoxy groups -OCH3 is 2. The largest absolute Gasteiger partial charge is 0.385 e. The van der Waals surface area contributed by atoms with E-state index in [2.05, 4.69) is 81.4 Å². The van der Waals surface area contributed by atoms with E-state index in [0.29, 0.717) is 73.5 Å². The minimum absolute atomic E-state index is 0.365. The van der Waals surface area contributed by atoms with Crippen LogP contribution in [-0.4, -0.2) is 79.3 Å². The fourth-order valence-corrected chi connectivity index (χ4v) is 18.8. The molecule has 410 valence electrons. The third-order valence-corrected chi connectivity index (χ3v) is 22.8. The van der Waals surface area contributed by atoms with Gasteiger partial charge in [0.25, 0.3) is 0 Å². The van der Waals surface area contributed by atoms with E-state index >= 15 is 0 Å². The number of rotatable bonds is 25. The monoisotopic (exact) mass is 991 g/mol. The van der Waals surface area contributed by atoms with Crippen molar-refractivity contribution >= 4 is 0 Å². The Bertz CT molecular complexity index is 1650. The van der Waals surface area contributed by atoms with Crippen LogP contribution in [0.3, 0.4) is 0 Å². The summed E-state index contributed by atoms with van der Waals surface area (Å²) in [5.41, 5.74) is 5.50. The molecule has 6 saturated carbocycles. The Kier molecular flexibility index (Phi) is 21.6. The minimum atomic E-state index is 0.365. The molecule has 0 aliphatic heterocycles. The molecular weight excluding hydrogens is 877 g/mol. The highest BCUT2D eigenvalue weighted by molar-refractivity contribution is 5.27. The zero-order valence-electron chi connectivity index (χ0n) is 48.6. The van der Waals surface area contributed by atoms with Crippen molar-refractivity contribution in [1.29, 1.82) is 0 Å². The number of allylic oxidation sites excluding steroid dienone is 2. The van der Waals surface area contributed by atoms with Crippen LogP contribution in [0.5, 0.6) is 0 Å². The second-order valence-electron chi connectivity index (χ2n) is 27.6. The van der Waals surface area contributed by atoms with Crippen LogP contribution in [0, 0.1) is 92.7 Å². The van der Waals surface area contributed by atoms with Crippen molar-refractivity contribution in [1.82, 2.24) is 0 Å². The quantitative estimate of drug-likeness (QED) is 0.0671. The van der Waals surface area contributed by atoms with Crippen molar-refractivity contribution in [3.05, 3.63) is 23.3 Å². The van der Waals surface area contributed by atoms with Gasteiger partial charge < -0.3 is 28.4 Å². The average Bonchev–Trinajstić information content (AvgIpc) is 3.89. The summed E-state index contributed by atoms with van der Waals surface area (Å²) in [5.74, 6) is 11.0. The van der Waals surface area contributed by atoms with E-state index in [9.17, 15) is 0 Å². The summed E-state index contributed by atoms with van der Waals surface area (Å²) in [5, 5.41) is 0. The first-order valence-electron chi connectivity index (χ1n) is 30.8. The van der Waals surface area contributed by atoms with E-state index in [4.69, 9.17) is 28.4 Å². The predicted octanol–water partition coefficient (Wildman–Crippen LogP) is 16.5. The molecule has 6 nitrogen and oxygen atoms in total. The first-order chi connectivity index (χ1) is 34.1. The zero-order chi connectivity index (χ0) is 50.8. The fourth-order valence-electron chi connectivity index (χ4n) is 18.8. The molecule has 8 rings (SSSR count). The van der Waals surface area contributed by atoms with Crippen LogP contribution in [0.25, 0.3) is 0 Å². The molecule has 0 N–H and O–H groups in total. The maximum Gasteiger partial charge on any atom is 0.0704 e. The molecule has 6 fully saturated rings. The molecule has 0 spiro atoms. The lowest BCUT2D eigenvalue weighted by Crippen LogP contribution is -2.51. The molecule has 0 saturated heterocycles. The van der Waals surface area contributed by atoms with Crippen molar-refractivity contribution in [3.8, 4) is 0 Å². The Balaban J connectivity index is 0.000000211. The number of hydrogen-bond donors (Lipinski definition) is 0. The summed E-state index contributed by atoms with van der Waals surface area (Å²) in [6.07, 6.45) is 37.7. The molecule has 0 aromatic heterocycles. The van der Waals surface area contributed by atoms with Crippen LogP contribution < -0.4 is 0 Å². The van der Waals surface area contributed by atoms with Crippen molar-refractivity contribution in [2.45, 2.75) is 229 Å². The average molecular weight is 992 g/mol. The number of hydrogen-bond acceptors (Lipinski definition) is 6. The van der Waals surface area contributed by atoms with Gasteiger partial charge in [0.05, 0.1) is 51.8 Å². The van der Waals surface area contributed by atoms with Gasteiger partial charge in [-0.15, -0.1) is 0 Å². The van der Waals surface area contributed by atoms with E-state index in [1.807, 2.05) is 0 Å². The fraction of sp³-hybridized carbons (Fsp3) is 0.938.